The topological polar surface area (TPSA) is 44.1 Å². The van der Waals surface area contributed by atoms with Crippen LogP contribution in [0.2, 0.25) is 0 Å². The molecule has 0 aliphatic carbocycles. The third-order valence-electron chi connectivity index (χ3n) is 2.46. The van der Waals surface area contributed by atoms with E-state index >= 15 is 0 Å². The third kappa shape index (κ3) is 2.75. The van der Waals surface area contributed by atoms with Crippen molar-refractivity contribution in [1.82, 2.24) is 9.78 Å². The number of alkyl halides is 3. The summed E-state index contributed by atoms with van der Waals surface area (Å²) in [4.78, 5) is 11.2. The molecule has 0 saturated carbocycles. The summed E-state index contributed by atoms with van der Waals surface area (Å²) in [6.07, 6.45) is -1.71. The number of rotatable bonds is 2. The number of hydrogen-bond acceptors (Lipinski definition) is 3. The molecule has 100 valence electrons. The molecule has 1 aromatic carbocycles. The van der Waals surface area contributed by atoms with Crippen LogP contribution >= 0.6 is 0 Å². The first-order valence-electron chi connectivity index (χ1n) is 5.22. The Morgan fingerprint density at radius 2 is 1.89 bits per heavy atom. The van der Waals surface area contributed by atoms with Crippen molar-refractivity contribution >= 4 is 5.97 Å². The van der Waals surface area contributed by atoms with Crippen molar-refractivity contribution < 1.29 is 22.7 Å². The van der Waals surface area contributed by atoms with Gasteiger partial charge in [0.1, 0.15) is 0 Å². The van der Waals surface area contributed by atoms with Gasteiger partial charge in [-0.25, -0.2) is 9.48 Å². The number of esters is 1. The van der Waals surface area contributed by atoms with E-state index in [0.717, 1.165) is 12.1 Å². The first kappa shape index (κ1) is 13.1. The zero-order chi connectivity index (χ0) is 14.0. The molecule has 0 amide bonds. The molecular weight excluding hydrogens is 261 g/mol. The van der Waals surface area contributed by atoms with Crippen molar-refractivity contribution in [3.63, 3.8) is 0 Å². The molecule has 0 N–H and O–H groups in total. The first-order valence-corrected chi connectivity index (χ1v) is 5.22. The average molecular weight is 270 g/mol. The Bertz CT molecular complexity index is 588. The summed E-state index contributed by atoms with van der Waals surface area (Å²) < 4.78 is 43.0. The van der Waals surface area contributed by atoms with E-state index < -0.39 is 17.7 Å². The number of aromatic nitrogens is 2. The zero-order valence-electron chi connectivity index (χ0n) is 9.81. The van der Waals surface area contributed by atoms with Gasteiger partial charge in [0.05, 0.1) is 30.1 Å². The van der Waals surface area contributed by atoms with Gasteiger partial charge in [-0.2, -0.15) is 18.3 Å². The maximum atomic E-state index is 12.4. The number of halogens is 3. The molecule has 1 heterocycles. The van der Waals surface area contributed by atoms with E-state index in [4.69, 9.17) is 0 Å². The fraction of sp³-hybridized carbons (Fsp3) is 0.167. The van der Waals surface area contributed by atoms with E-state index in [2.05, 4.69) is 9.84 Å². The van der Waals surface area contributed by atoms with Gasteiger partial charge in [0.25, 0.3) is 0 Å². The molecule has 0 aliphatic heterocycles. The third-order valence-corrected chi connectivity index (χ3v) is 2.46. The van der Waals surface area contributed by atoms with Crippen LogP contribution in [-0.4, -0.2) is 22.9 Å². The monoisotopic (exact) mass is 270 g/mol. The van der Waals surface area contributed by atoms with Crippen molar-refractivity contribution in [3.05, 3.63) is 47.8 Å². The molecule has 2 aromatic rings. The molecule has 1 aromatic heterocycles. The molecule has 0 fully saturated rings. The van der Waals surface area contributed by atoms with Gasteiger partial charge in [-0.3, -0.25) is 0 Å². The molecule has 0 unspecified atom stereocenters. The number of hydrogen-bond donors (Lipinski definition) is 0. The molecule has 0 radical (unpaired) electrons. The SMILES string of the molecule is COC(=O)c1cnn(-c2ccc(C(F)(F)F)cc2)c1. The fourth-order valence-electron chi connectivity index (χ4n) is 1.49. The van der Waals surface area contributed by atoms with E-state index in [9.17, 15) is 18.0 Å². The highest BCUT2D eigenvalue weighted by atomic mass is 19.4. The van der Waals surface area contributed by atoms with Crippen molar-refractivity contribution in [2.75, 3.05) is 7.11 Å². The van der Waals surface area contributed by atoms with E-state index in [-0.39, 0.29) is 5.56 Å². The Morgan fingerprint density at radius 3 is 2.42 bits per heavy atom. The van der Waals surface area contributed by atoms with Gasteiger partial charge in [0.15, 0.2) is 0 Å². The number of carbonyl (C=O) groups is 1. The summed E-state index contributed by atoms with van der Waals surface area (Å²) in [6, 6.07) is 4.46. The van der Waals surface area contributed by atoms with Crippen molar-refractivity contribution in [2.24, 2.45) is 0 Å². The molecule has 0 atom stereocenters. The number of ether oxygens (including phenoxy) is 1. The van der Waals surface area contributed by atoms with E-state index in [1.807, 2.05) is 0 Å². The predicted molar refractivity (Wildman–Crippen MR) is 59.9 cm³/mol. The van der Waals surface area contributed by atoms with Crippen LogP contribution in [0, 0.1) is 0 Å². The largest absolute Gasteiger partial charge is 0.465 e. The molecule has 0 aliphatic rings. The molecule has 7 heteroatoms. The maximum absolute atomic E-state index is 12.4. The normalized spacial score (nSPS) is 11.4. The second-order valence-corrected chi connectivity index (χ2v) is 3.71. The standard InChI is InChI=1S/C12H9F3N2O2/c1-19-11(18)8-6-16-17(7-8)10-4-2-9(3-5-10)12(13,14)15/h2-7H,1H3. The van der Waals surface area contributed by atoms with Crippen LogP contribution < -0.4 is 0 Å². The Hall–Kier alpha value is -2.31. The van der Waals surface area contributed by atoms with Crippen LogP contribution in [0.1, 0.15) is 15.9 Å². The van der Waals surface area contributed by atoms with Crippen molar-refractivity contribution in [1.29, 1.82) is 0 Å². The smallest absolute Gasteiger partial charge is 0.416 e. The lowest BCUT2D eigenvalue weighted by molar-refractivity contribution is -0.137. The summed E-state index contributed by atoms with van der Waals surface area (Å²) in [5.74, 6) is -0.557. The van der Waals surface area contributed by atoms with Gasteiger partial charge in [-0.1, -0.05) is 0 Å². The predicted octanol–water partition coefficient (Wildman–Crippen LogP) is 2.68. The van der Waals surface area contributed by atoms with Gasteiger partial charge in [0.2, 0.25) is 0 Å². The second-order valence-electron chi connectivity index (χ2n) is 3.71. The molecule has 2 rings (SSSR count). The van der Waals surface area contributed by atoms with Crippen LogP contribution in [0.3, 0.4) is 0 Å². The summed E-state index contributed by atoms with van der Waals surface area (Å²) in [5.41, 5.74) is -0.0952. The quantitative estimate of drug-likeness (QED) is 0.788. The lowest BCUT2D eigenvalue weighted by Crippen LogP contribution is -2.05. The Morgan fingerprint density at radius 1 is 1.26 bits per heavy atom. The lowest BCUT2D eigenvalue weighted by Gasteiger charge is -2.07. The fourth-order valence-corrected chi connectivity index (χ4v) is 1.49. The molecule has 0 bridgehead atoms. The van der Waals surface area contributed by atoms with Gasteiger partial charge in [-0.15, -0.1) is 0 Å². The number of carbonyl (C=O) groups excluding carboxylic acids is 1. The van der Waals surface area contributed by atoms with Gasteiger partial charge in [-0.05, 0) is 24.3 Å². The molecule has 0 saturated heterocycles. The minimum Gasteiger partial charge on any atom is -0.465 e. The van der Waals surface area contributed by atoms with Crippen LogP contribution in [0.4, 0.5) is 13.2 Å². The summed E-state index contributed by atoms with van der Waals surface area (Å²) >= 11 is 0. The lowest BCUT2D eigenvalue weighted by atomic mass is 10.2. The molecule has 0 spiro atoms. The average Bonchev–Trinajstić information content (AvgIpc) is 2.86. The minimum absolute atomic E-state index is 0.224. The molecule has 19 heavy (non-hydrogen) atoms. The highest BCUT2D eigenvalue weighted by molar-refractivity contribution is 5.88. The molecular formula is C12H9F3N2O2. The van der Waals surface area contributed by atoms with E-state index in [0.29, 0.717) is 5.69 Å². The number of nitrogens with zero attached hydrogens (tertiary/aromatic N) is 2. The van der Waals surface area contributed by atoms with Crippen LogP contribution in [-0.2, 0) is 10.9 Å². The van der Waals surface area contributed by atoms with E-state index in [1.54, 1.807) is 0 Å². The van der Waals surface area contributed by atoms with Crippen molar-refractivity contribution in [2.45, 2.75) is 6.18 Å². The number of methoxy groups -OCH3 is 1. The van der Waals surface area contributed by atoms with E-state index in [1.165, 1.54) is 36.3 Å². The Labute approximate surface area is 106 Å². The maximum Gasteiger partial charge on any atom is 0.416 e. The highest BCUT2D eigenvalue weighted by Gasteiger charge is 2.30. The number of benzene rings is 1. The Kier molecular flexibility index (Phi) is 3.28. The highest BCUT2D eigenvalue weighted by Crippen LogP contribution is 2.29. The van der Waals surface area contributed by atoms with Gasteiger partial charge >= 0.3 is 12.1 Å². The molecule has 4 nitrogen and oxygen atoms in total. The second kappa shape index (κ2) is 4.75. The summed E-state index contributed by atoms with van der Waals surface area (Å²) in [5, 5.41) is 3.88. The van der Waals surface area contributed by atoms with Crippen LogP contribution in [0.5, 0.6) is 0 Å². The summed E-state index contributed by atoms with van der Waals surface area (Å²) in [7, 11) is 1.23. The van der Waals surface area contributed by atoms with Crippen LogP contribution in [0.15, 0.2) is 36.7 Å². The van der Waals surface area contributed by atoms with Crippen LogP contribution in [0.25, 0.3) is 5.69 Å². The first-order chi connectivity index (χ1) is 8.91. The minimum atomic E-state index is -4.38. The van der Waals surface area contributed by atoms with Gasteiger partial charge in [0, 0.05) is 6.20 Å². The Balaban J connectivity index is 2.28. The summed E-state index contributed by atoms with van der Waals surface area (Å²) in [6.45, 7) is 0. The van der Waals surface area contributed by atoms with Gasteiger partial charge < -0.3 is 4.74 Å². The zero-order valence-corrected chi connectivity index (χ0v) is 9.81. The van der Waals surface area contributed by atoms with Crippen molar-refractivity contribution in [3.8, 4) is 5.69 Å².